The van der Waals surface area contributed by atoms with Crippen LogP contribution in [0.1, 0.15) is 29.1 Å². The first-order chi connectivity index (χ1) is 13.4. The third-order valence-electron chi connectivity index (χ3n) is 4.21. The Balaban J connectivity index is 1.41. The van der Waals surface area contributed by atoms with Crippen LogP contribution in [-0.2, 0) is 13.1 Å². The van der Waals surface area contributed by atoms with Crippen molar-refractivity contribution in [2.75, 3.05) is 0 Å². The molecule has 28 heavy (non-hydrogen) atoms. The van der Waals surface area contributed by atoms with Crippen molar-refractivity contribution in [2.24, 2.45) is 0 Å². The van der Waals surface area contributed by atoms with Crippen molar-refractivity contribution in [1.82, 2.24) is 24.5 Å². The van der Waals surface area contributed by atoms with Crippen LogP contribution >= 0.6 is 11.3 Å². The Morgan fingerprint density at radius 1 is 1.29 bits per heavy atom. The van der Waals surface area contributed by atoms with Gasteiger partial charge in [-0.25, -0.2) is 4.98 Å². The van der Waals surface area contributed by atoms with Gasteiger partial charge < -0.3 is 14.8 Å². The summed E-state index contributed by atoms with van der Waals surface area (Å²) in [7, 11) is 0. The Labute approximate surface area is 166 Å². The molecule has 0 spiro atoms. The highest BCUT2D eigenvalue weighted by atomic mass is 32.1. The lowest BCUT2D eigenvalue weighted by molar-refractivity contribution is 0.0577. The van der Waals surface area contributed by atoms with Crippen LogP contribution in [0.5, 0.6) is 0 Å². The highest BCUT2D eigenvalue weighted by Gasteiger charge is 2.16. The average Bonchev–Trinajstić information content (AvgIpc) is 3.37. The standard InChI is InChI=1S/C20H21N5O2S/c1-20(2,27)13-25-12-15(11-23-25)16-3-4-17(28-16)19(26)22-10-14-5-7-24-8-6-21-18(24)9-14/h3-9,11-12,27H,10,13H2,1-2H3,(H,22,26). The van der Waals surface area contributed by atoms with Gasteiger partial charge in [-0.2, -0.15) is 5.10 Å². The molecule has 0 atom stereocenters. The van der Waals surface area contributed by atoms with Crippen LogP contribution in [0.15, 0.2) is 55.2 Å². The maximum atomic E-state index is 12.5. The third kappa shape index (κ3) is 4.13. The fraction of sp³-hybridized carbons (Fsp3) is 0.250. The van der Waals surface area contributed by atoms with Gasteiger partial charge in [-0.3, -0.25) is 9.48 Å². The van der Waals surface area contributed by atoms with Gasteiger partial charge in [0.15, 0.2) is 0 Å². The van der Waals surface area contributed by atoms with Crippen molar-refractivity contribution in [3.63, 3.8) is 0 Å². The molecule has 1 amide bonds. The summed E-state index contributed by atoms with van der Waals surface area (Å²) in [5.74, 6) is -0.108. The van der Waals surface area contributed by atoms with E-state index in [0.717, 1.165) is 21.7 Å². The number of rotatable bonds is 6. The second kappa shape index (κ2) is 7.21. The normalized spacial score (nSPS) is 11.8. The molecule has 144 valence electrons. The van der Waals surface area contributed by atoms with Crippen LogP contribution in [-0.4, -0.2) is 35.8 Å². The molecule has 0 aliphatic heterocycles. The summed E-state index contributed by atoms with van der Waals surface area (Å²) < 4.78 is 3.63. The van der Waals surface area contributed by atoms with Gasteiger partial charge >= 0.3 is 0 Å². The number of hydrogen-bond donors (Lipinski definition) is 2. The Hall–Kier alpha value is -2.97. The summed E-state index contributed by atoms with van der Waals surface area (Å²) >= 11 is 1.42. The first kappa shape index (κ1) is 18.4. The molecule has 8 heteroatoms. The van der Waals surface area contributed by atoms with E-state index in [2.05, 4.69) is 15.4 Å². The van der Waals surface area contributed by atoms with Gasteiger partial charge in [-0.15, -0.1) is 11.3 Å². The van der Waals surface area contributed by atoms with E-state index in [1.54, 1.807) is 30.9 Å². The molecule has 0 saturated heterocycles. The fourth-order valence-corrected chi connectivity index (χ4v) is 3.82. The minimum Gasteiger partial charge on any atom is -0.389 e. The fourth-order valence-electron chi connectivity index (χ4n) is 2.92. The molecule has 2 N–H and O–H groups in total. The van der Waals surface area contributed by atoms with Gasteiger partial charge in [0.1, 0.15) is 5.65 Å². The first-order valence-electron chi connectivity index (χ1n) is 8.92. The van der Waals surface area contributed by atoms with Gasteiger partial charge in [-0.1, -0.05) is 0 Å². The number of carbonyl (C=O) groups excluding carboxylic acids is 1. The topological polar surface area (TPSA) is 84.5 Å². The number of nitrogens with one attached hydrogen (secondary N) is 1. The minimum atomic E-state index is -0.830. The number of hydrogen-bond acceptors (Lipinski definition) is 5. The lowest BCUT2D eigenvalue weighted by Gasteiger charge is -2.16. The van der Waals surface area contributed by atoms with Crippen LogP contribution in [0.4, 0.5) is 0 Å². The Morgan fingerprint density at radius 2 is 2.14 bits per heavy atom. The second-order valence-electron chi connectivity index (χ2n) is 7.31. The monoisotopic (exact) mass is 395 g/mol. The van der Waals surface area contributed by atoms with Crippen molar-refractivity contribution >= 4 is 22.9 Å². The molecular formula is C20H21N5O2S. The molecule has 4 aromatic heterocycles. The van der Waals surface area contributed by atoms with E-state index in [0.29, 0.717) is 18.0 Å². The number of nitrogens with zero attached hydrogens (tertiary/aromatic N) is 4. The van der Waals surface area contributed by atoms with Crippen molar-refractivity contribution in [2.45, 2.75) is 32.5 Å². The number of aromatic nitrogens is 4. The maximum Gasteiger partial charge on any atom is 0.261 e. The molecule has 4 rings (SSSR count). The van der Waals surface area contributed by atoms with Crippen molar-refractivity contribution in [1.29, 1.82) is 0 Å². The molecule has 0 aliphatic rings. The Bertz CT molecular complexity index is 1120. The van der Waals surface area contributed by atoms with Crippen molar-refractivity contribution < 1.29 is 9.90 Å². The summed E-state index contributed by atoms with van der Waals surface area (Å²) in [6, 6.07) is 7.66. The molecular weight excluding hydrogens is 374 g/mol. The predicted molar refractivity (Wildman–Crippen MR) is 108 cm³/mol. The van der Waals surface area contributed by atoms with E-state index in [4.69, 9.17) is 0 Å². The number of carbonyl (C=O) groups is 1. The zero-order chi connectivity index (χ0) is 19.7. The second-order valence-corrected chi connectivity index (χ2v) is 8.40. The average molecular weight is 395 g/mol. The van der Waals surface area contributed by atoms with E-state index >= 15 is 0 Å². The molecule has 0 aromatic carbocycles. The van der Waals surface area contributed by atoms with E-state index in [9.17, 15) is 9.90 Å². The number of aliphatic hydroxyl groups is 1. The van der Waals surface area contributed by atoms with E-state index in [1.165, 1.54) is 11.3 Å². The minimum absolute atomic E-state index is 0.108. The molecule has 0 radical (unpaired) electrons. The summed E-state index contributed by atoms with van der Waals surface area (Å²) in [5, 5.41) is 17.1. The van der Waals surface area contributed by atoms with Crippen LogP contribution in [0.25, 0.3) is 16.1 Å². The smallest absolute Gasteiger partial charge is 0.261 e. The number of imidazole rings is 1. The highest BCUT2D eigenvalue weighted by Crippen LogP contribution is 2.28. The molecule has 0 fully saturated rings. The summed E-state index contributed by atoms with van der Waals surface area (Å²) in [6.45, 7) is 4.34. The van der Waals surface area contributed by atoms with Crippen molar-refractivity contribution in [3.8, 4) is 10.4 Å². The quantitative estimate of drug-likeness (QED) is 0.526. The molecule has 0 bridgehead atoms. The first-order valence-corrected chi connectivity index (χ1v) is 9.74. The maximum absolute atomic E-state index is 12.5. The summed E-state index contributed by atoms with van der Waals surface area (Å²) in [4.78, 5) is 18.4. The van der Waals surface area contributed by atoms with Gasteiger partial charge in [0.2, 0.25) is 0 Å². The van der Waals surface area contributed by atoms with Gasteiger partial charge in [-0.05, 0) is 43.7 Å². The van der Waals surface area contributed by atoms with Gasteiger partial charge in [0, 0.05) is 41.8 Å². The molecule has 7 nitrogen and oxygen atoms in total. The number of amides is 1. The van der Waals surface area contributed by atoms with E-state index in [-0.39, 0.29) is 5.91 Å². The number of thiophene rings is 1. The van der Waals surface area contributed by atoms with E-state index in [1.807, 2.05) is 47.3 Å². The zero-order valence-corrected chi connectivity index (χ0v) is 16.5. The lowest BCUT2D eigenvalue weighted by Crippen LogP contribution is -2.26. The Kier molecular flexibility index (Phi) is 4.74. The SMILES string of the molecule is CC(C)(O)Cn1cc(-c2ccc(C(=O)NCc3ccn4ccnc4c3)s2)cn1. The summed E-state index contributed by atoms with van der Waals surface area (Å²) in [6.07, 6.45) is 9.19. The van der Waals surface area contributed by atoms with Crippen LogP contribution < -0.4 is 5.32 Å². The zero-order valence-electron chi connectivity index (χ0n) is 15.7. The molecule has 4 heterocycles. The number of fused-ring (bicyclic) bond motifs is 1. The van der Waals surface area contributed by atoms with E-state index < -0.39 is 5.60 Å². The Morgan fingerprint density at radius 3 is 2.96 bits per heavy atom. The molecule has 0 aliphatic carbocycles. The highest BCUT2D eigenvalue weighted by molar-refractivity contribution is 7.17. The van der Waals surface area contributed by atoms with Gasteiger partial charge in [0.25, 0.3) is 5.91 Å². The molecule has 0 saturated carbocycles. The summed E-state index contributed by atoms with van der Waals surface area (Å²) in [5.41, 5.74) is 1.95. The third-order valence-corrected chi connectivity index (χ3v) is 5.34. The van der Waals surface area contributed by atoms with Crippen LogP contribution in [0, 0.1) is 0 Å². The predicted octanol–water partition coefficient (Wildman–Crippen LogP) is 2.96. The van der Waals surface area contributed by atoms with Crippen LogP contribution in [0.2, 0.25) is 0 Å². The molecule has 0 unspecified atom stereocenters. The molecule has 4 aromatic rings. The largest absolute Gasteiger partial charge is 0.389 e. The van der Waals surface area contributed by atoms with Crippen LogP contribution in [0.3, 0.4) is 0 Å². The lowest BCUT2D eigenvalue weighted by atomic mass is 10.1. The number of pyridine rings is 1. The van der Waals surface area contributed by atoms with Crippen molar-refractivity contribution in [3.05, 3.63) is 65.7 Å². The van der Waals surface area contributed by atoms with Gasteiger partial charge in [0.05, 0.1) is 23.2 Å².